The van der Waals surface area contributed by atoms with Crippen molar-refractivity contribution >= 4 is 22.8 Å². The molecular formula is C33H36N4O4. The molecule has 212 valence electrons. The second kappa shape index (κ2) is 11.4. The molecule has 6 rings (SSSR count). The molecule has 4 aromatic rings. The Balaban J connectivity index is 1.17. The van der Waals surface area contributed by atoms with Crippen LogP contribution in [0.3, 0.4) is 0 Å². The van der Waals surface area contributed by atoms with Crippen molar-refractivity contribution in [1.82, 2.24) is 19.7 Å². The van der Waals surface area contributed by atoms with Crippen molar-refractivity contribution in [1.29, 1.82) is 0 Å². The lowest BCUT2D eigenvalue weighted by Gasteiger charge is -2.42. The molecular weight excluding hydrogens is 516 g/mol. The number of aromatic amines is 1. The number of fused-ring (bicyclic) bond motifs is 1. The largest absolute Gasteiger partial charge is 0.497 e. The predicted octanol–water partition coefficient (Wildman–Crippen LogP) is 5.29. The molecule has 0 saturated carbocycles. The van der Waals surface area contributed by atoms with Gasteiger partial charge in [-0.2, -0.15) is 0 Å². The number of nitrogens with zero attached hydrogens (tertiary/aromatic N) is 3. The van der Waals surface area contributed by atoms with Gasteiger partial charge in [0.2, 0.25) is 0 Å². The van der Waals surface area contributed by atoms with Crippen LogP contribution in [0, 0.1) is 0 Å². The number of aromatic nitrogens is 1. The average Bonchev–Trinajstić information content (AvgIpc) is 3.55. The fourth-order valence-electron chi connectivity index (χ4n) is 6.27. The summed E-state index contributed by atoms with van der Waals surface area (Å²) in [7, 11) is 3.23. The number of H-pyrrole nitrogens is 1. The molecule has 2 saturated heterocycles. The van der Waals surface area contributed by atoms with Crippen LogP contribution < -0.4 is 4.74 Å². The third-order valence-corrected chi connectivity index (χ3v) is 8.52. The van der Waals surface area contributed by atoms with Crippen LogP contribution in [0.25, 0.3) is 22.0 Å². The molecule has 0 aliphatic carbocycles. The van der Waals surface area contributed by atoms with Gasteiger partial charge in [-0.15, -0.1) is 0 Å². The Bertz CT molecular complexity index is 1560. The topological polar surface area (TPSA) is 78.1 Å². The summed E-state index contributed by atoms with van der Waals surface area (Å²) in [6.07, 6.45) is 3.16. The van der Waals surface area contributed by atoms with Gasteiger partial charge in [0.25, 0.3) is 5.91 Å². The Morgan fingerprint density at radius 3 is 2.39 bits per heavy atom. The molecule has 3 heterocycles. The lowest BCUT2D eigenvalue weighted by Crippen LogP contribution is -2.57. The van der Waals surface area contributed by atoms with Gasteiger partial charge in [0.05, 0.1) is 20.3 Å². The molecule has 0 bridgehead atoms. The van der Waals surface area contributed by atoms with Gasteiger partial charge < -0.3 is 19.4 Å². The summed E-state index contributed by atoms with van der Waals surface area (Å²) in [6.45, 7) is 3.27. The van der Waals surface area contributed by atoms with Gasteiger partial charge in [0.15, 0.2) is 0 Å². The first-order valence-electron chi connectivity index (χ1n) is 14.1. The number of carbonyl (C=O) groups is 2. The summed E-state index contributed by atoms with van der Waals surface area (Å²) in [5.74, 6) is 0.596. The molecule has 0 radical (unpaired) electrons. The van der Waals surface area contributed by atoms with E-state index < -0.39 is 5.54 Å². The highest BCUT2D eigenvalue weighted by atomic mass is 16.5. The molecule has 2 fully saturated rings. The lowest BCUT2D eigenvalue weighted by molar-refractivity contribution is -0.136. The van der Waals surface area contributed by atoms with E-state index in [9.17, 15) is 9.59 Å². The zero-order valence-electron chi connectivity index (χ0n) is 23.6. The standard InChI is InChI=1S/C33H36N4O4/c1-40-18-17-37-32(39)36(23-25-6-4-8-29(20-25)41-2)31(38)33(37)12-15-35(16-13-33)22-24-5-3-7-26(19-24)27-9-10-30-28(21-27)11-14-34-30/h3-11,14,19-21,34H,12-13,15-18,22-23H2,1-2H3. The molecule has 3 aromatic carbocycles. The number of piperidine rings is 1. The maximum absolute atomic E-state index is 13.9. The summed E-state index contributed by atoms with van der Waals surface area (Å²) in [5, 5.41) is 1.20. The Hall–Kier alpha value is -4.14. The summed E-state index contributed by atoms with van der Waals surface area (Å²) in [5.41, 5.74) is 4.78. The van der Waals surface area contributed by atoms with Gasteiger partial charge in [0.1, 0.15) is 11.3 Å². The van der Waals surface area contributed by atoms with Gasteiger partial charge in [-0.25, -0.2) is 4.79 Å². The number of ether oxygens (including phenoxy) is 2. The highest BCUT2D eigenvalue weighted by Gasteiger charge is 2.57. The Morgan fingerprint density at radius 2 is 1.61 bits per heavy atom. The monoisotopic (exact) mass is 552 g/mol. The minimum absolute atomic E-state index is 0.108. The summed E-state index contributed by atoms with van der Waals surface area (Å²) in [4.78, 5) is 36.3. The zero-order chi connectivity index (χ0) is 28.4. The number of nitrogens with one attached hydrogen (secondary N) is 1. The number of rotatable bonds is 9. The first kappa shape index (κ1) is 27.1. The fourth-order valence-corrected chi connectivity index (χ4v) is 6.27. The molecule has 1 aromatic heterocycles. The smallest absolute Gasteiger partial charge is 0.328 e. The number of benzene rings is 3. The molecule has 2 aliphatic rings. The number of hydrogen-bond donors (Lipinski definition) is 1. The quantitative estimate of drug-likeness (QED) is 0.286. The molecule has 8 heteroatoms. The van der Waals surface area contributed by atoms with Crippen LogP contribution in [0.15, 0.2) is 79.0 Å². The normalized spacial score (nSPS) is 17.2. The van der Waals surface area contributed by atoms with E-state index in [0.29, 0.717) is 31.7 Å². The number of carbonyl (C=O) groups excluding carboxylic acids is 2. The minimum atomic E-state index is -0.835. The van der Waals surface area contributed by atoms with Crippen molar-refractivity contribution in [2.24, 2.45) is 0 Å². The van der Waals surface area contributed by atoms with E-state index in [0.717, 1.165) is 30.7 Å². The Labute approximate surface area is 240 Å². The van der Waals surface area contributed by atoms with E-state index >= 15 is 0 Å². The molecule has 1 N–H and O–H groups in total. The summed E-state index contributed by atoms with van der Waals surface area (Å²) < 4.78 is 10.7. The first-order valence-corrected chi connectivity index (χ1v) is 14.1. The van der Waals surface area contributed by atoms with Crippen LogP contribution in [0.4, 0.5) is 4.79 Å². The number of methoxy groups -OCH3 is 2. The van der Waals surface area contributed by atoms with Crippen molar-refractivity contribution in [3.8, 4) is 16.9 Å². The number of hydrogen-bond acceptors (Lipinski definition) is 5. The van der Waals surface area contributed by atoms with E-state index in [1.165, 1.54) is 27.0 Å². The molecule has 1 spiro atoms. The zero-order valence-corrected chi connectivity index (χ0v) is 23.6. The van der Waals surface area contributed by atoms with Gasteiger partial charge >= 0.3 is 6.03 Å². The molecule has 2 aliphatic heterocycles. The van der Waals surface area contributed by atoms with E-state index in [1.807, 2.05) is 30.5 Å². The maximum atomic E-state index is 13.9. The highest BCUT2D eigenvalue weighted by Crippen LogP contribution is 2.38. The molecule has 41 heavy (non-hydrogen) atoms. The molecule has 3 amide bonds. The number of imide groups is 1. The van der Waals surface area contributed by atoms with Crippen molar-refractivity contribution in [2.45, 2.75) is 31.5 Å². The minimum Gasteiger partial charge on any atom is -0.497 e. The average molecular weight is 553 g/mol. The number of urea groups is 1. The van der Waals surface area contributed by atoms with Crippen LogP contribution >= 0.6 is 0 Å². The van der Waals surface area contributed by atoms with E-state index in [1.54, 1.807) is 19.1 Å². The van der Waals surface area contributed by atoms with Crippen molar-refractivity contribution in [3.05, 3.63) is 90.1 Å². The molecule has 0 unspecified atom stereocenters. The second-order valence-electron chi connectivity index (χ2n) is 11.0. The Kier molecular flexibility index (Phi) is 7.51. The van der Waals surface area contributed by atoms with Crippen LogP contribution in [-0.4, -0.2) is 77.6 Å². The third kappa shape index (κ3) is 5.21. The van der Waals surface area contributed by atoms with E-state index in [-0.39, 0.29) is 18.5 Å². The van der Waals surface area contributed by atoms with Gasteiger partial charge in [0, 0.05) is 45.0 Å². The lowest BCUT2D eigenvalue weighted by atomic mass is 9.85. The van der Waals surface area contributed by atoms with Crippen LogP contribution in [-0.2, 0) is 22.6 Å². The number of amides is 3. The van der Waals surface area contributed by atoms with Crippen molar-refractivity contribution < 1.29 is 19.1 Å². The Morgan fingerprint density at radius 1 is 0.854 bits per heavy atom. The van der Waals surface area contributed by atoms with E-state index in [2.05, 4.69) is 58.4 Å². The summed E-state index contributed by atoms with van der Waals surface area (Å²) >= 11 is 0. The SMILES string of the molecule is COCCN1C(=O)N(Cc2cccc(OC)c2)C(=O)C12CCN(Cc1cccc(-c3ccc4[nH]ccc4c3)c1)CC2. The van der Waals surface area contributed by atoms with Crippen molar-refractivity contribution in [2.75, 3.05) is 40.5 Å². The maximum Gasteiger partial charge on any atom is 0.328 e. The third-order valence-electron chi connectivity index (χ3n) is 8.52. The fraction of sp³-hybridized carbons (Fsp3) is 0.333. The first-order chi connectivity index (χ1) is 20.0. The highest BCUT2D eigenvalue weighted by molar-refractivity contribution is 6.07. The van der Waals surface area contributed by atoms with Gasteiger partial charge in [-0.3, -0.25) is 14.6 Å². The van der Waals surface area contributed by atoms with E-state index in [4.69, 9.17) is 9.47 Å². The predicted molar refractivity (Wildman–Crippen MR) is 158 cm³/mol. The van der Waals surface area contributed by atoms with Crippen LogP contribution in [0.1, 0.15) is 24.0 Å². The van der Waals surface area contributed by atoms with Crippen molar-refractivity contribution in [3.63, 3.8) is 0 Å². The summed E-state index contributed by atoms with van der Waals surface area (Å²) in [6, 6.07) is 24.5. The molecule has 0 atom stereocenters. The second-order valence-corrected chi connectivity index (χ2v) is 11.0. The van der Waals surface area contributed by atoms with Crippen LogP contribution in [0.5, 0.6) is 5.75 Å². The van der Waals surface area contributed by atoms with Gasteiger partial charge in [-0.1, -0.05) is 36.4 Å². The molecule has 8 nitrogen and oxygen atoms in total. The van der Waals surface area contributed by atoms with Crippen LogP contribution in [0.2, 0.25) is 0 Å². The van der Waals surface area contributed by atoms with Gasteiger partial charge in [-0.05, 0) is 76.9 Å². The number of likely N-dealkylation sites (tertiary alicyclic amines) is 1.